The summed E-state index contributed by atoms with van der Waals surface area (Å²) < 4.78 is 22.2. The van der Waals surface area contributed by atoms with Crippen LogP contribution in [0.5, 0.6) is 23.0 Å². The Morgan fingerprint density at radius 1 is 1.15 bits per heavy atom. The monoisotopic (exact) mass is 371 g/mol. The lowest BCUT2D eigenvalue weighted by atomic mass is 10.2. The number of rotatable bonds is 7. The van der Waals surface area contributed by atoms with Crippen molar-refractivity contribution in [3.63, 3.8) is 0 Å². The Labute approximate surface area is 157 Å². The Balaban J connectivity index is 1.68. The number of fused-ring (bicyclic) bond motifs is 1. The molecule has 0 spiro atoms. The highest BCUT2D eigenvalue weighted by molar-refractivity contribution is 5.94. The molecule has 7 nitrogen and oxygen atoms in total. The first-order valence-corrected chi connectivity index (χ1v) is 8.70. The zero-order valence-corrected chi connectivity index (χ0v) is 15.2. The van der Waals surface area contributed by atoms with E-state index < -0.39 is 6.10 Å². The summed E-state index contributed by atoms with van der Waals surface area (Å²) in [4.78, 5) is 23.4. The van der Waals surface area contributed by atoms with E-state index in [0.717, 1.165) is 6.29 Å². The maximum atomic E-state index is 12.5. The lowest BCUT2D eigenvalue weighted by molar-refractivity contribution is -0.122. The minimum absolute atomic E-state index is 0.325. The molecule has 2 aromatic carbocycles. The van der Waals surface area contributed by atoms with Crippen LogP contribution in [0.15, 0.2) is 36.4 Å². The van der Waals surface area contributed by atoms with E-state index in [1.807, 2.05) is 6.92 Å². The van der Waals surface area contributed by atoms with Crippen molar-refractivity contribution >= 4 is 17.9 Å². The average molecular weight is 371 g/mol. The Morgan fingerprint density at radius 2 is 1.93 bits per heavy atom. The molecule has 3 rings (SSSR count). The van der Waals surface area contributed by atoms with Crippen molar-refractivity contribution in [3.8, 4) is 23.0 Å². The fraction of sp³-hybridized carbons (Fsp3) is 0.300. The molecule has 1 amide bonds. The Kier molecular flexibility index (Phi) is 5.80. The summed E-state index contributed by atoms with van der Waals surface area (Å²) in [6.45, 7) is 4.86. The number of hydrogen-bond acceptors (Lipinski definition) is 6. The van der Waals surface area contributed by atoms with Crippen LogP contribution in [0.1, 0.15) is 24.2 Å². The molecule has 7 heteroatoms. The second kappa shape index (κ2) is 8.44. The minimum Gasteiger partial charge on any atom is -0.490 e. The van der Waals surface area contributed by atoms with Crippen LogP contribution in [0, 0.1) is 0 Å². The second-order valence-corrected chi connectivity index (χ2v) is 5.86. The van der Waals surface area contributed by atoms with Gasteiger partial charge in [-0.2, -0.15) is 0 Å². The van der Waals surface area contributed by atoms with Crippen molar-refractivity contribution in [2.24, 2.45) is 0 Å². The zero-order chi connectivity index (χ0) is 19.2. The number of benzene rings is 2. The molecule has 2 aromatic rings. The highest BCUT2D eigenvalue weighted by Gasteiger charge is 2.19. The molecule has 27 heavy (non-hydrogen) atoms. The van der Waals surface area contributed by atoms with Crippen LogP contribution in [0.25, 0.3) is 0 Å². The molecule has 0 aromatic heterocycles. The highest BCUT2D eigenvalue weighted by atomic mass is 16.6. The van der Waals surface area contributed by atoms with Gasteiger partial charge in [0.15, 0.2) is 29.1 Å². The summed E-state index contributed by atoms with van der Waals surface area (Å²) in [5.41, 5.74) is 1.06. The molecule has 0 aliphatic carbocycles. The topological polar surface area (TPSA) is 83.1 Å². The third-order valence-corrected chi connectivity index (χ3v) is 3.89. The number of carbonyl (C=O) groups excluding carboxylic acids is 2. The molecule has 142 valence electrons. The number of carbonyl (C=O) groups is 2. The number of ether oxygens (including phenoxy) is 4. The average Bonchev–Trinajstić information content (AvgIpc) is 2.69. The SMILES string of the molecule is CCOc1cc(C=O)ccc1O[C@H](C)C(=O)Nc1ccc2c(c1)OCCO2. The molecule has 0 fully saturated rings. The van der Waals surface area contributed by atoms with E-state index in [-0.39, 0.29) is 5.91 Å². The lowest BCUT2D eigenvalue weighted by Crippen LogP contribution is -2.30. The van der Waals surface area contributed by atoms with E-state index in [9.17, 15) is 9.59 Å². The van der Waals surface area contributed by atoms with E-state index in [4.69, 9.17) is 18.9 Å². The van der Waals surface area contributed by atoms with Gasteiger partial charge in [-0.25, -0.2) is 0 Å². The van der Waals surface area contributed by atoms with Gasteiger partial charge in [0.1, 0.15) is 19.5 Å². The van der Waals surface area contributed by atoms with E-state index in [1.54, 1.807) is 43.3 Å². The first kappa shape index (κ1) is 18.6. The van der Waals surface area contributed by atoms with Crippen LogP contribution in [0.4, 0.5) is 5.69 Å². The van der Waals surface area contributed by atoms with Gasteiger partial charge in [0, 0.05) is 17.3 Å². The van der Waals surface area contributed by atoms with Crippen LogP contribution in [0.3, 0.4) is 0 Å². The maximum absolute atomic E-state index is 12.5. The molecule has 0 saturated carbocycles. The minimum atomic E-state index is -0.778. The van der Waals surface area contributed by atoms with Crippen molar-refractivity contribution in [1.29, 1.82) is 0 Å². The molecule has 1 N–H and O–H groups in total. The maximum Gasteiger partial charge on any atom is 0.265 e. The van der Waals surface area contributed by atoms with Crippen LogP contribution < -0.4 is 24.3 Å². The van der Waals surface area contributed by atoms with Gasteiger partial charge >= 0.3 is 0 Å². The summed E-state index contributed by atoms with van der Waals surface area (Å²) in [7, 11) is 0. The van der Waals surface area contributed by atoms with Gasteiger partial charge in [0.05, 0.1) is 6.61 Å². The van der Waals surface area contributed by atoms with E-state index in [2.05, 4.69) is 5.32 Å². The quantitative estimate of drug-likeness (QED) is 0.753. The molecular weight excluding hydrogens is 350 g/mol. The van der Waals surface area contributed by atoms with Crippen molar-refractivity contribution in [2.45, 2.75) is 20.0 Å². The molecule has 1 atom stereocenters. The van der Waals surface area contributed by atoms with Crippen LogP contribution in [0.2, 0.25) is 0 Å². The van der Waals surface area contributed by atoms with Crippen molar-refractivity contribution in [3.05, 3.63) is 42.0 Å². The number of anilines is 1. The molecule has 1 aliphatic rings. The Bertz CT molecular complexity index is 835. The number of nitrogens with one attached hydrogen (secondary N) is 1. The molecular formula is C20H21NO6. The summed E-state index contributed by atoms with van der Waals surface area (Å²) in [6.07, 6.45) is -0.0518. The fourth-order valence-electron chi connectivity index (χ4n) is 2.57. The third kappa shape index (κ3) is 4.49. The van der Waals surface area contributed by atoms with Crippen molar-refractivity contribution < 1.29 is 28.5 Å². The van der Waals surface area contributed by atoms with Crippen LogP contribution in [-0.2, 0) is 4.79 Å². The van der Waals surface area contributed by atoms with Gasteiger partial charge in [-0.05, 0) is 44.2 Å². The summed E-state index contributed by atoms with van der Waals surface area (Å²) in [6, 6.07) is 10.0. The molecule has 0 bridgehead atoms. The van der Waals surface area contributed by atoms with Crippen molar-refractivity contribution in [1.82, 2.24) is 0 Å². The predicted octanol–water partition coefficient (Wildman–Crippen LogP) is 3.08. The van der Waals surface area contributed by atoms with Gasteiger partial charge in [-0.3, -0.25) is 9.59 Å². The smallest absolute Gasteiger partial charge is 0.265 e. The van der Waals surface area contributed by atoms with Gasteiger partial charge < -0.3 is 24.3 Å². The number of amides is 1. The molecule has 1 aliphatic heterocycles. The van der Waals surface area contributed by atoms with Gasteiger partial charge in [-0.15, -0.1) is 0 Å². The molecule has 1 heterocycles. The second-order valence-electron chi connectivity index (χ2n) is 5.86. The summed E-state index contributed by atoms with van der Waals surface area (Å²) in [5, 5.41) is 2.79. The summed E-state index contributed by atoms with van der Waals surface area (Å²) >= 11 is 0. The third-order valence-electron chi connectivity index (χ3n) is 3.89. The van der Waals surface area contributed by atoms with E-state index >= 15 is 0 Å². The Hall–Kier alpha value is -3.22. The first-order chi connectivity index (χ1) is 13.1. The molecule has 0 saturated heterocycles. The van der Waals surface area contributed by atoms with Gasteiger partial charge in [0.25, 0.3) is 5.91 Å². The van der Waals surface area contributed by atoms with Crippen molar-refractivity contribution in [2.75, 3.05) is 25.1 Å². The first-order valence-electron chi connectivity index (χ1n) is 8.70. The van der Waals surface area contributed by atoms with Gasteiger partial charge in [-0.1, -0.05) is 0 Å². The largest absolute Gasteiger partial charge is 0.490 e. The summed E-state index contributed by atoms with van der Waals surface area (Å²) in [5.74, 6) is 1.73. The van der Waals surface area contributed by atoms with E-state index in [1.165, 1.54) is 0 Å². The Morgan fingerprint density at radius 3 is 2.67 bits per heavy atom. The van der Waals surface area contributed by atoms with Gasteiger partial charge in [0.2, 0.25) is 0 Å². The zero-order valence-electron chi connectivity index (χ0n) is 15.2. The highest BCUT2D eigenvalue weighted by Crippen LogP contribution is 2.33. The number of hydrogen-bond donors (Lipinski definition) is 1. The fourth-order valence-corrected chi connectivity index (χ4v) is 2.57. The standard InChI is InChI=1S/C20H21NO6/c1-3-24-18-10-14(12-22)4-6-17(18)27-13(2)20(23)21-15-5-7-16-19(11-15)26-9-8-25-16/h4-7,10-13H,3,8-9H2,1-2H3,(H,21,23)/t13-/m1/s1. The lowest BCUT2D eigenvalue weighted by Gasteiger charge is -2.20. The van der Waals surface area contributed by atoms with E-state index in [0.29, 0.717) is 54.1 Å². The van der Waals surface area contributed by atoms with Crippen LogP contribution in [-0.4, -0.2) is 38.1 Å². The number of aldehydes is 1. The predicted molar refractivity (Wildman–Crippen MR) is 99.2 cm³/mol. The molecule has 0 unspecified atom stereocenters. The molecule has 0 radical (unpaired) electrons. The normalized spacial score (nSPS) is 13.4. The van der Waals surface area contributed by atoms with Crippen LogP contribution >= 0.6 is 0 Å².